The fourth-order valence-electron chi connectivity index (χ4n) is 3.14. The Hall–Kier alpha value is -2.86. The van der Waals surface area contributed by atoms with Gasteiger partial charge in [0.1, 0.15) is 17.1 Å². The topological polar surface area (TPSA) is 86.3 Å². The molecule has 1 N–H and O–H groups in total. The van der Waals surface area contributed by atoms with E-state index in [1.807, 2.05) is 6.92 Å². The first-order valence-electron chi connectivity index (χ1n) is 9.48. The summed E-state index contributed by atoms with van der Waals surface area (Å²) in [5, 5.41) is 2.53. The Morgan fingerprint density at radius 3 is 2.44 bits per heavy atom. The van der Waals surface area contributed by atoms with Crippen LogP contribution >= 0.6 is 34.8 Å². The fraction of sp³-hybridized carbons (Fsp3) is 0.227. The molecule has 10 heteroatoms. The Kier molecular flexibility index (Phi) is 7.56. The third kappa shape index (κ3) is 4.65. The minimum absolute atomic E-state index is 0.0417. The number of hydrogen-bond donors (Lipinski definition) is 1. The van der Waals surface area contributed by atoms with Crippen molar-refractivity contribution in [1.82, 2.24) is 5.32 Å². The van der Waals surface area contributed by atoms with Crippen molar-refractivity contribution in [2.24, 2.45) is 0 Å². The fourth-order valence-corrected chi connectivity index (χ4v) is 4.26. The summed E-state index contributed by atoms with van der Waals surface area (Å²) in [6.07, 6.45) is 1.49. The Morgan fingerprint density at radius 1 is 1.06 bits per heavy atom. The van der Waals surface area contributed by atoms with E-state index in [9.17, 15) is 9.59 Å². The standard InChI is InChI=1S/C22H21IN2O6S/c1-5-31-18-10-12(9-15(23)19(18)30-4)8-14-20(26)24-22(32)25(21(14)27)16-7-6-13(28-2)11-17(16)29-3/h6-11H,5H2,1-4H3,(H,24,26,32)/b14-8+. The average molecular weight is 568 g/mol. The van der Waals surface area contributed by atoms with Crippen molar-refractivity contribution in [3.05, 3.63) is 45.0 Å². The summed E-state index contributed by atoms with van der Waals surface area (Å²) < 4.78 is 22.4. The molecule has 2 aromatic carbocycles. The number of anilines is 1. The van der Waals surface area contributed by atoms with Crippen LogP contribution in [-0.4, -0.2) is 44.9 Å². The van der Waals surface area contributed by atoms with Crippen LogP contribution in [-0.2, 0) is 9.59 Å². The Bertz CT molecular complexity index is 1120. The van der Waals surface area contributed by atoms with Gasteiger partial charge in [-0.15, -0.1) is 0 Å². The lowest BCUT2D eigenvalue weighted by molar-refractivity contribution is -0.122. The zero-order chi connectivity index (χ0) is 23.4. The van der Waals surface area contributed by atoms with E-state index in [1.165, 1.54) is 25.2 Å². The maximum atomic E-state index is 13.4. The van der Waals surface area contributed by atoms with Gasteiger partial charge in [0.15, 0.2) is 16.6 Å². The lowest BCUT2D eigenvalue weighted by Gasteiger charge is -2.30. The second-order valence-electron chi connectivity index (χ2n) is 6.46. The van der Waals surface area contributed by atoms with E-state index in [-0.39, 0.29) is 10.7 Å². The van der Waals surface area contributed by atoms with Gasteiger partial charge in [-0.3, -0.25) is 14.9 Å². The normalized spacial score (nSPS) is 15.0. The van der Waals surface area contributed by atoms with Gasteiger partial charge in [-0.05, 0) is 77.6 Å². The molecule has 0 unspecified atom stereocenters. The SMILES string of the molecule is CCOc1cc(/C=C2\C(=O)NC(=S)N(c3ccc(OC)cc3OC)C2=O)cc(I)c1OC. The first kappa shape index (κ1) is 23.8. The number of methoxy groups -OCH3 is 3. The van der Waals surface area contributed by atoms with Crippen LogP contribution in [0.25, 0.3) is 6.08 Å². The maximum Gasteiger partial charge on any atom is 0.270 e. The number of rotatable bonds is 7. The molecular formula is C22H21IN2O6S. The van der Waals surface area contributed by atoms with E-state index in [0.717, 1.165) is 3.57 Å². The second-order valence-corrected chi connectivity index (χ2v) is 8.01. The van der Waals surface area contributed by atoms with Gasteiger partial charge in [0.05, 0.1) is 37.2 Å². The number of hydrogen-bond acceptors (Lipinski definition) is 7. The third-order valence-electron chi connectivity index (χ3n) is 4.58. The van der Waals surface area contributed by atoms with Crippen molar-refractivity contribution in [3.63, 3.8) is 0 Å². The van der Waals surface area contributed by atoms with Crippen molar-refractivity contribution in [3.8, 4) is 23.0 Å². The molecule has 0 aliphatic carbocycles. The molecule has 0 atom stereocenters. The summed E-state index contributed by atoms with van der Waals surface area (Å²) in [5.74, 6) is 0.852. The van der Waals surface area contributed by atoms with Crippen LogP contribution in [0.1, 0.15) is 12.5 Å². The van der Waals surface area contributed by atoms with Crippen LogP contribution in [0.3, 0.4) is 0 Å². The number of thiocarbonyl (C=S) groups is 1. The van der Waals surface area contributed by atoms with Gasteiger partial charge in [0.25, 0.3) is 11.8 Å². The van der Waals surface area contributed by atoms with Gasteiger partial charge in [-0.2, -0.15) is 0 Å². The van der Waals surface area contributed by atoms with Gasteiger partial charge in [-0.25, -0.2) is 4.90 Å². The summed E-state index contributed by atoms with van der Waals surface area (Å²) in [4.78, 5) is 27.2. The highest BCUT2D eigenvalue weighted by Crippen LogP contribution is 2.36. The second kappa shape index (κ2) is 10.2. The lowest BCUT2D eigenvalue weighted by atomic mass is 10.1. The molecule has 2 aromatic rings. The number of amides is 2. The molecule has 3 rings (SSSR count). The van der Waals surface area contributed by atoms with Crippen molar-refractivity contribution < 1.29 is 28.5 Å². The summed E-state index contributed by atoms with van der Waals surface area (Å²) in [6, 6.07) is 8.45. The van der Waals surface area contributed by atoms with E-state index < -0.39 is 11.8 Å². The highest BCUT2D eigenvalue weighted by atomic mass is 127. The highest BCUT2D eigenvalue weighted by molar-refractivity contribution is 14.1. The monoisotopic (exact) mass is 568 g/mol. The molecule has 32 heavy (non-hydrogen) atoms. The molecule has 1 heterocycles. The number of carbonyl (C=O) groups excluding carboxylic acids is 2. The third-order valence-corrected chi connectivity index (χ3v) is 5.66. The summed E-state index contributed by atoms with van der Waals surface area (Å²) in [5.41, 5.74) is 0.903. The molecule has 1 saturated heterocycles. The van der Waals surface area contributed by atoms with Crippen LogP contribution < -0.4 is 29.2 Å². The molecule has 1 aliphatic rings. The molecule has 0 radical (unpaired) electrons. The van der Waals surface area contributed by atoms with Gasteiger partial charge in [0, 0.05) is 6.07 Å². The molecule has 0 aromatic heterocycles. The number of benzene rings is 2. The molecule has 1 aliphatic heterocycles. The Morgan fingerprint density at radius 2 is 1.81 bits per heavy atom. The molecular weight excluding hydrogens is 547 g/mol. The van der Waals surface area contributed by atoms with Crippen LogP contribution in [0.2, 0.25) is 0 Å². The lowest BCUT2D eigenvalue weighted by Crippen LogP contribution is -2.54. The minimum atomic E-state index is -0.590. The van der Waals surface area contributed by atoms with Crippen molar-refractivity contribution >= 4 is 63.5 Å². The van der Waals surface area contributed by atoms with Crippen LogP contribution in [0.5, 0.6) is 23.0 Å². The van der Waals surface area contributed by atoms with Gasteiger partial charge in [-0.1, -0.05) is 0 Å². The average Bonchev–Trinajstić information content (AvgIpc) is 2.76. The minimum Gasteiger partial charge on any atom is -0.497 e. The van der Waals surface area contributed by atoms with E-state index >= 15 is 0 Å². The largest absolute Gasteiger partial charge is 0.497 e. The van der Waals surface area contributed by atoms with Gasteiger partial charge < -0.3 is 18.9 Å². The Balaban J connectivity index is 2.07. The Labute approximate surface area is 204 Å². The number of ether oxygens (including phenoxy) is 4. The van der Waals surface area contributed by atoms with Gasteiger partial charge >= 0.3 is 0 Å². The van der Waals surface area contributed by atoms with E-state index in [4.69, 9.17) is 31.2 Å². The zero-order valence-electron chi connectivity index (χ0n) is 17.9. The molecule has 2 amide bonds. The summed E-state index contributed by atoms with van der Waals surface area (Å²) in [6.45, 7) is 2.29. The van der Waals surface area contributed by atoms with E-state index in [1.54, 1.807) is 37.4 Å². The smallest absolute Gasteiger partial charge is 0.270 e. The van der Waals surface area contributed by atoms with Crippen LogP contribution in [0.15, 0.2) is 35.9 Å². The van der Waals surface area contributed by atoms with E-state index in [2.05, 4.69) is 27.9 Å². The molecule has 1 fully saturated rings. The molecule has 8 nitrogen and oxygen atoms in total. The summed E-state index contributed by atoms with van der Waals surface area (Å²) >= 11 is 7.39. The zero-order valence-corrected chi connectivity index (χ0v) is 20.8. The first-order chi connectivity index (χ1) is 15.3. The highest BCUT2D eigenvalue weighted by Gasteiger charge is 2.36. The molecule has 0 spiro atoms. The molecule has 0 bridgehead atoms. The number of carbonyl (C=O) groups is 2. The van der Waals surface area contributed by atoms with Gasteiger partial charge in [0.2, 0.25) is 0 Å². The number of halogens is 1. The van der Waals surface area contributed by atoms with Crippen molar-refractivity contribution in [1.29, 1.82) is 0 Å². The van der Waals surface area contributed by atoms with Crippen LogP contribution in [0.4, 0.5) is 5.69 Å². The first-order valence-corrected chi connectivity index (χ1v) is 11.0. The molecule has 168 valence electrons. The van der Waals surface area contributed by atoms with Crippen molar-refractivity contribution in [2.45, 2.75) is 6.92 Å². The summed E-state index contributed by atoms with van der Waals surface area (Å²) in [7, 11) is 4.55. The molecule has 0 saturated carbocycles. The number of nitrogens with zero attached hydrogens (tertiary/aromatic N) is 1. The quantitative estimate of drug-likeness (QED) is 0.237. The predicted molar refractivity (Wildman–Crippen MR) is 133 cm³/mol. The predicted octanol–water partition coefficient (Wildman–Crippen LogP) is 3.55. The maximum absolute atomic E-state index is 13.4. The van der Waals surface area contributed by atoms with Crippen molar-refractivity contribution in [2.75, 3.05) is 32.8 Å². The number of nitrogens with one attached hydrogen (secondary N) is 1. The van der Waals surface area contributed by atoms with Crippen LogP contribution in [0, 0.1) is 3.57 Å². The van der Waals surface area contributed by atoms with E-state index in [0.29, 0.717) is 40.9 Å².